The average Bonchev–Trinajstić information content (AvgIpc) is 2.98. The molecule has 7 heteroatoms. The fraction of sp³-hybridized carbons (Fsp3) is 0.533. The van der Waals surface area contributed by atoms with Crippen LogP contribution in [0.4, 0.5) is 4.39 Å². The van der Waals surface area contributed by atoms with Crippen LogP contribution in [-0.2, 0) is 4.74 Å². The van der Waals surface area contributed by atoms with Gasteiger partial charge < -0.3 is 0 Å². The second-order valence-electron chi connectivity index (χ2n) is 5.11. The number of ether oxygens (including phenoxy) is 1. The van der Waals surface area contributed by atoms with E-state index in [4.69, 9.17) is 4.74 Å². The van der Waals surface area contributed by atoms with Gasteiger partial charge in [0.15, 0.2) is 0 Å². The Balaban J connectivity index is 2.10. The summed E-state index contributed by atoms with van der Waals surface area (Å²) < 4.78 is 23.0. The molecule has 2 rings (SSSR count). The van der Waals surface area contributed by atoms with Crippen molar-refractivity contribution in [1.29, 1.82) is 0 Å². The molecule has 0 bridgehead atoms. The Hall–Kier alpha value is 0.619. The van der Waals surface area contributed by atoms with Crippen LogP contribution in [0.2, 0.25) is 0 Å². The minimum absolute atomic E-state index is 0.104. The Morgan fingerprint density at radius 2 is 2.00 bits per heavy atom. The summed E-state index contributed by atoms with van der Waals surface area (Å²) in [6, 6.07) is 0. The van der Waals surface area contributed by atoms with Gasteiger partial charge in [0.05, 0.1) is 0 Å². The van der Waals surface area contributed by atoms with Gasteiger partial charge in [0.25, 0.3) is 0 Å². The first-order chi connectivity index (χ1) is 10.5. The standard InChI is InChI=1S/C15H17Br2FO2Se2/c1-3-5-6-8(4-2)7-20-15(19)12-10(18)9-11(21-12)14(17)22-13(9)16/h8H,3-7H2,1-2H3. The van der Waals surface area contributed by atoms with Gasteiger partial charge in [-0.1, -0.05) is 0 Å². The molecule has 2 aromatic heterocycles. The molecule has 1 unspecified atom stereocenters. The van der Waals surface area contributed by atoms with Crippen molar-refractivity contribution < 1.29 is 13.9 Å². The number of fused-ring (bicyclic) bond motifs is 1. The number of esters is 1. The van der Waals surface area contributed by atoms with E-state index >= 15 is 0 Å². The molecule has 0 saturated carbocycles. The minimum atomic E-state index is -0.477. The van der Waals surface area contributed by atoms with Crippen molar-refractivity contribution in [2.75, 3.05) is 6.61 Å². The molecular weight excluding hydrogens is 549 g/mol. The summed E-state index contributed by atoms with van der Waals surface area (Å²) >= 11 is 6.73. The zero-order valence-corrected chi connectivity index (χ0v) is 19.0. The van der Waals surface area contributed by atoms with Crippen LogP contribution < -0.4 is 0 Å². The summed E-state index contributed by atoms with van der Waals surface area (Å²) in [6.45, 7) is 4.65. The van der Waals surface area contributed by atoms with Gasteiger partial charge in [-0.25, -0.2) is 0 Å². The number of unbranched alkanes of at least 4 members (excludes halogenated alkanes) is 1. The van der Waals surface area contributed by atoms with Gasteiger partial charge in [0.2, 0.25) is 0 Å². The van der Waals surface area contributed by atoms with Crippen LogP contribution in [0.25, 0.3) is 9.65 Å². The first-order valence-electron chi connectivity index (χ1n) is 7.22. The molecule has 0 aromatic carbocycles. The second kappa shape index (κ2) is 8.64. The molecule has 0 fully saturated rings. The molecule has 2 nitrogen and oxygen atoms in total. The molecule has 2 aromatic rings. The van der Waals surface area contributed by atoms with Gasteiger partial charge in [0, 0.05) is 0 Å². The summed E-state index contributed by atoms with van der Waals surface area (Å²) in [7, 11) is 0. The van der Waals surface area contributed by atoms with Crippen molar-refractivity contribution in [1.82, 2.24) is 0 Å². The summed E-state index contributed by atoms with van der Waals surface area (Å²) in [4.78, 5) is 12.2. The van der Waals surface area contributed by atoms with Crippen LogP contribution in [0.3, 0.4) is 0 Å². The van der Waals surface area contributed by atoms with Crippen molar-refractivity contribution >= 4 is 76.5 Å². The second-order valence-corrected chi connectivity index (χ2v) is 13.3. The first-order valence-corrected chi connectivity index (χ1v) is 12.2. The molecule has 0 aliphatic rings. The maximum absolute atomic E-state index is 14.5. The SMILES string of the molecule is CCCCC(CC)COC(=O)c1[se]c2c(Br)[se]c(Br)c2c1F. The predicted octanol–water partition coefficient (Wildman–Crippen LogP) is 4.99. The number of rotatable bonds is 7. The topological polar surface area (TPSA) is 26.3 Å². The molecule has 0 saturated heterocycles. The summed E-state index contributed by atoms with van der Waals surface area (Å²) in [6.07, 6.45) is 4.32. The van der Waals surface area contributed by atoms with Crippen LogP contribution in [0.15, 0.2) is 6.69 Å². The summed E-state index contributed by atoms with van der Waals surface area (Å²) in [5, 5.41) is 0.594. The van der Waals surface area contributed by atoms with Crippen LogP contribution in [0.1, 0.15) is 48.8 Å². The quantitative estimate of drug-likeness (QED) is 0.349. The van der Waals surface area contributed by atoms with E-state index in [9.17, 15) is 9.18 Å². The molecule has 0 aliphatic carbocycles. The number of hydrogen-bond acceptors (Lipinski definition) is 2. The van der Waals surface area contributed by atoms with Crippen molar-refractivity contribution in [3.63, 3.8) is 0 Å². The molecule has 0 aliphatic heterocycles. The summed E-state index contributed by atoms with van der Waals surface area (Å²) in [5.41, 5.74) is 0. The van der Waals surface area contributed by atoms with Gasteiger partial charge in [0.1, 0.15) is 0 Å². The van der Waals surface area contributed by atoms with E-state index in [0.29, 0.717) is 17.9 Å². The molecule has 2 heterocycles. The van der Waals surface area contributed by atoms with E-state index < -0.39 is 5.97 Å². The van der Waals surface area contributed by atoms with Crippen molar-refractivity contribution in [2.45, 2.75) is 39.5 Å². The van der Waals surface area contributed by atoms with Gasteiger partial charge in [-0.15, -0.1) is 0 Å². The Bertz CT molecular complexity index is 666. The monoisotopic (exact) mass is 566 g/mol. The Morgan fingerprint density at radius 1 is 1.27 bits per heavy atom. The predicted molar refractivity (Wildman–Crippen MR) is 96.8 cm³/mol. The zero-order chi connectivity index (χ0) is 16.3. The van der Waals surface area contributed by atoms with Crippen LogP contribution in [0, 0.1) is 11.7 Å². The molecule has 0 amide bonds. The zero-order valence-electron chi connectivity index (χ0n) is 12.4. The normalized spacial score (nSPS) is 12.8. The molecule has 1 atom stereocenters. The number of carbonyl (C=O) groups is 1. The summed E-state index contributed by atoms with van der Waals surface area (Å²) in [5.74, 6) is -0.485. The number of halogens is 3. The van der Waals surface area contributed by atoms with Gasteiger partial charge in [-0.05, 0) is 0 Å². The Morgan fingerprint density at radius 3 is 2.59 bits per heavy atom. The average molecular weight is 566 g/mol. The number of carbonyl (C=O) groups excluding carboxylic acids is 1. The van der Waals surface area contributed by atoms with Gasteiger partial charge in [-0.2, -0.15) is 0 Å². The van der Waals surface area contributed by atoms with E-state index in [1.165, 1.54) is 0 Å². The fourth-order valence-electron chi connectivity index (χ4n) is 2.19. The Kier molecular flexibility index (Phi) is 7.44. The first kappa shape index (κ1) is 19.0. The van der Waals surface area contributed by atoms with Crippen LogP contribution in [0.5, 0.6) is 0 Å². The van der Waals surface area contributed by atoms with E-state index in [-0.39, 0.29) is 39.3 Å². The fourth-order valence-corrected chi connectivity index (χ4v) is 10.8. The molecule has 122 valence electrons. The maximum atomic E-state index is 14.5. The third kappa shape index (κ3) is 4.17. The third-order valence-corrected chi connectivity index (χ3v) is 11.4. The van der Waals surface area contributed by atoms with E-state index in [2.05, 4.69) is 45.7 Å². The Labute approximate surface area is 158 Å². The molecule has 0 radical (unpaired) electrons. The van der Waals surface area contributed by atoms with Gasteiger partial charge >= 0.3 is 159 Å². The molecular formula is C15H17Br2FO2Se2. The van der Waals surface area contributed by atoms with Gasteiger partial charge in [-0.3, -0.25) is 0 Å². The van der Waals surface area contributed by atoms with E-state index in [0.717, 1.165) is 36.6 Å². The van der Waals surface area contributed by atoms with E-state index in [1.54, 1.807) is 0 Å². The van der Waals surface area contributed by atoms with Crippen molar-refractivity contribution in [3.8, 4) is 0 Å². The molecule has 0 spiro atoms. The molecule has 22 heavy (non-hydrogen) atoms. The van der Waals surface area contributed by atoms with Crippen LogP contribution >= 0.6 is 31.9 Å². The third-order valence-electron chi connectivity index (χ3n) is 3.58. The molecule has 0 N–H and O–H groups in total. The van der Waals surface area contributed by atoms with Crippen molar-refractivity contribution in [3.05, 3.63) is 16.9 Å². The van der Waals surface area contributed by atoms with Crippen molar-refractivity contribution in [2.24, 2.45) is 5.92 Å². The van der Waals surface area contributed by atoms with E-state index in [1.807, 2.05) is 0 Å². The number of hydrogen-bond donors (Lipinski definition) is 0. The van der Waals surface area contributed by atoms with Crippen LogP contribution in [-0.4, -0.2) is 41.6 Å².